The Morgan fingerprint density at radius 3 is 2.43 bits per heavy atom. The normalized spacial score (nSPS) is 18.4. The summed E-state index contributed by atoms with van der Waals surface area (Å²) in [6, 6.07) is 8.40. The fraction of sp³-hybridized carbons (Fsp3) is 0.417. The summed E-state index contributed by atoms with van der Waals surface area (Å²) < 4.78 is 7.80. The van der Waals surface area contributed by atoms with Crippen molar-refractivity contribution in [1.82, 2.24) is 29.9 Å². The molecular formula is C36H41N7O7Si. The number of rotatable bonds is 7. The second-order valence-corrected chi connectivity index (χ2v) is 20.3. The van der Waals surface area contributed by atoms with Gasteiger partial charge >= 0.3 is 6.09 Å². The van der Waals surface area contributed by atoms with Gasteiger partial charge in [-0.3, -0.25) is 19.6 Å². The largest absolute Gasteiger partial charge is 0.415 e. The van der Waals surface area contributed by atoms with Crippen molar-refractivity contribution in [2.45, 2.75) is 70.4 Å². The number of aryl methyl sites for hydroxylation is 1. The minimum Gasteiger partial charge on any atom is -0.410 e. The summed E-state index contributed by atoms with van der Waals surface area (Å²) in [4.78, 5) is 68.7. The van der Waals surface area contributed by atoms with Crippen molar-refractivity contribution >= 4 is 42.7 Å². The van der Waals surface area contributed by atoms with E-state index in [0.717, 1.165) is 22.6 Å². The molecule has 2 aliphatic heterocycles. The lowest BCUT2D eigenvalue weighted by molar-refractivity contribution is -0.140. The number of aromatic nitrogens is 4. The van der Waals surface area contributed by atoms with Crippen LogP contribution in [0.1, 0.15) is 52.4 Å². The maximum absolute atomic E-state index is 13.8. The highest BCUT2D eigenvalue weighted by atomic mass is 28.3. The van der Waals surface area contributed by atoms with Crippen molar-refractivity contribution in [3.8, 4) is 17.1 Å². The van der Waals surface area contributed by atoms with Gasteiger partial charge in [0.25, 0.3) is 11.5 Å². The number of ether oxygens (including phenoxy) is 1. The third-order valence-electron chi connectivity index (χ3n) is 10.3. The lowest BCUT2D eigenvalue weighted by atomic mass is 9.77. The van der Waals surface area contributed by atoms with Crippen molar-refractivity contribution in [3.63, 3.8) is 0 Å². The predicted octanol–water partition coefficient (Wildman–Crippen LogP) is 3.65. The van der Waals surface area contributed by atoms with Crippen LogP contribution in [0.15, 0.2) is 41.5 Å². The fourth-order valence-corrected chi connectivity index (χ4v) is 8.24. The zero-order valence-corrected chi connectivity index (χ0v) is 30.2. The molecule has 5 heterocycles. The van der Waals surface area contributed by atoms with Crippen LogP contribution in [0.4, 0.5) is 10.7 Å². The maximum atomic E-state index is 13.8. The van der Waals surface area contributed by atoms with Crippen LogP contribution in [0.25, 0.3) is 22.3 Å². The van der Waals surface area contributed by atoms with Gasteiger partial charge in [0.1, 0.15) is 11.4 Å². The first-order valence-electron chi connectivity index (χ1n) is 17.3. The Bertz CT molecular complexity index is 2140. The highest BCUT2D eigenvalue weighted by molar-refractivity contribution is 6.76. The van der Waals surface area contributed by atoms with Gasteiger partial charge in [-0.1, -0.05) is 32.6 Å². The number of fused-ring (bicyclic) bond motifs is 5. The molecule has 0 spiro atoms. The molecule has 3 N–H and O–H groups in total. The summed E-state index contributed by atoms with van der Waals surface area (Å²) in [7, 11) is -1.51. The Morgan fingerprint density at radius 2 is 1.76 bits per heavy atom. The van der Waals surface area contributed by atoms with Crippen LogP contribution < -0.4 is 20.7 Å². The number of anilines is 1. The van der Waals surface area contributed by atoms with E-state index in [1.165, 1.54) is 12.4 Å². The first kappa shape index (κ1) is 34.5. The Kier molecular flexibility index (Phi) is 8.76. The Hall–Kier alpha value is -4.99. The van der Waals surface area contributed by atoms with Gasteiger partial charge in [0.15, 0.2) is 5.78 Å². The van der Waals surface area contributed by atoms with Crippen molar-refractivity contribution in [2.24, 2.45) is 0 Å². The van der Waals surface area contributed by atoms with Crippen LogP contribution in [0.2, 0.25) is 25.7 Å². The molecule has 51 heavy (non-hydrogen) atoms. The van der Waals surface area contributed by atoms with E-state index in [2.05, 4.69) is 29.6 Å². The summed E-state index contributed by atoms with van der Waals surface area (Å²) >= 11 is 0. The van der Waals surface area contributed by atoms with Gasteiger partial charge in [-0.2, -0.15) is 0 Å². The first-order chi connectivity index (χ1) is 24.3. The van der Waals surface area contributed by atoms with Gasteiger partial charge in [-0.25, -0.2) is 25.2 Å². The molecule has 14 nitrogen and oxygen atoms in total. The Morgan fingerprint density at radius 1 is 1.04 bits per heavy atom. The molecule has 1 fully saturated rings. The lowest BCUT2D eigenvalue weighted by Gasteiger charge is -2.34. The van der Waals surface area contributed by atoms with Crippen molar-refractivity contribution in [3.05, 3.63) is 74.8 Å². The molecule has 1 aromatic carbocycles. The van der Waals surface area contributed by atoms with Gasteiger partial charge in [-0.15, -0.1) is 0 Å². The van der Waals surface area contributed by atoms with E-state index in [1.807, 2.05) is 17.0 Å². The molecule has 1 atom stereocenters. The molecule has 2 amide bonds. The summed E-state index contributed by atoms with van der Waals surface area (Å²) in [5.41, 5.74) is 4.38. The van der Waals surface area contributed by atoms with Gasteiger partial charge in [0.2, 0.25) is 5.95 Å². The summed E-state index contributed by atoms with van der Waals surface area (Å²) in [6.07, 6.45) is 3.52. The molecule has 15 heteroatoms. The van der Waals surface area contributed by atoms with Crippen LogP contribution in [0.3, 0.4) is 0 Å². The van der Waals surface area contributed by atoms with Crippen LogP contribution in [0.5, 0.6) is 5.75 Å². The smallest absolute Gasteiger partial charge is 0.410 e. The quantitative estimate of drug-likeness (QED) is 0.127. The number of hydrogen-bond acceptors (Lipinski definition) is 11. The second-order valence-electron chi connectivity index (χ2n) is 14.7. The number of benzene rings is 1. The van der Waals surface area contributed by atoms with E-state index in [4.69, 9.17) is 14.9 Å². The van der Waals surface area contributed by atoms with Gasteiger partial charge in [0.05, 0.1) is 29.0 Å². The highest BCUT2D eigenvalue weighted by Crippen LogP contribution is 2.40. The number of amides is 2. The highest BCUT2D eigenvalue weighted by Gasteiger charge is 2.43. The number of hydrogen-bond donors (Lipinski definition) is 3. The molecular weight excluding hydrogens is 671 g/mol. The molecule has 0 unspecified atom stereocenters. The van der Waals surface area contributed by atoms with E-state index in [-0.39, 0.29) is 29.7 Å². The molecule has 4 aromatic rings. The third kappa shape index (κ3) is 6.19. The number of carbonyl (C=O) groups is 3. The van der Waals surface area contributed by atoms with Crippen molar-refractivity contribution < 1.29 is 29.4 Å². The van der Waals surface area contributed by atoms with Gasteiger partial charge in [-0.05, 0) is 43.5 Å². The summed E-state index contributed by atoms with van der Waals surface area (Å²) in [6.45, 7) is 10.6. The number of Topliss-reactive ketones (excluding diaryl/α,β-unsaturated/α-hetero) is 1. The number of ketones is 1. The van der Waals surface area contributed by atoms with Crippen LogP contribution >= 0.6 is 0 Å². The van der Waals surface area contributed by atoms with Crippen molar-refractivity contribution in [2.75, 3.05) is 31.1 Å². The standard InChI is InChI=1S/C36H41N7O7Si/c1-5-36(48)26-17-28-31-21(20-43(28)33(46)24(26)6-9-30(36)44)16-25-23(10-15-51(2,3)4)29(8-7-27(25)39-31)50-35(47)42-13-11-41(12-14-42)34-37-18-22(19-38-34)32(45)40-49/h7-8,16-19,48-49H,5-6,9-15,20H2,1-4H3,(H,40,45)/t36-/m0/s1. The molecule has 7 rings (SSSR count). The van der Waals surface area contributed by atoms with E-state index in [0.29, 0.717) is 85.3 Å². The fourth-order valence-electron chi connectivity index (χ4n) is 7.24. The molecule has 0 bridgehead atoms. The lowest BCUT2D eigenvalue weighted by Crippen LogP contribution is -2.50. The SMILES string of the molecule is CC[C@@]1(O)C(=O)CCc2c1cc1n(c2=O)Cc2cc3c(CC[Si](C)(C)C)c(OC(=O)N4CCN(c5ncc(C(=O)NO)cn5)CC4)ccc3nc2-1. The zero-order chi connectivity index (χ0) is 36.2. The molecule has 1 aliphatic carbocycles. The van der Waals surface area contributed by atoms with E-state index >= 15 is 0 Å². The second kappa shape index (κ2) is 13.0. The number of nitrogens with one attached hydrogen (secondary N) is 1. The average Bonchev–Trinajstić information content (AvgIpc) is 3.49. The minimum absolute atomic E-state index is 0.128. The van der Waals surface area contributed by atoms with Crippen molar-refractivity contribution in [1.29, 1.82) is 0 Å². The monoisotopic (exact) mass is 711 g/mol. The Labute approximate surface area is 295 Å². The molecule has 3 aromatic heterocycles. The molecule has 1 saturated heterocycles. The van der Waals surface area contributed by atoms with Gasteiger partial charge < -0.3 is 24.2 Å². The van der Waals surface area contributed by atoms with E-state index < -0.39 is 25.7 Å². The summed E-state index contributed by atoms with van der Waals surface area (Å²) in [5, 5.41) is 21.0. The van der Waals surface area contributed by atoms with Crippen LogP contribution in [0, 0.1) is 0 Å². The van der Waals surface area contributed by atoms with Gasteiger partial charge in [0, 0.05) is 80.7 Å². The maximum Gasteiger partial charge on any atom is 0.415 e. The zero-order valence-electron chi connectivity index (χ0n) is 29.2. The minimum atomic E-state index is -1.68. The van der Waals surface area contributed by atoms with E-state index in [9.17, 15) is 24.3 Å². The molecule has 3 aliphatic rings. The first-order valence-corrected chi connectivity index (χ1v) is 21.0. The summed E-state index contributed by atoms with van der Waals surface area (Å²) in [5.74, 6) is -0.0705. The van der Waals surface area contributed by atoms with E-state index in [1.54, 1.807) is 34.0 Å². The average molecular weight is 712 g/mol. The molecule has 266 valence electrons. The number of pyridine rings is 2. The number of piperazine rings is 1. The van der Waals surface area contributed by atoms with Crippen LogP contribution in [-0.2, 0) is 29.8 Å². The number of hydroxylamine groups is 1. The number of carbonyl (C=O) groups excluding carboxylic acids is 3. The van der Waals surface area contributed by atoms with Crippen LogP contribution in [-0.4, -0.2) is 86.8 Å². The Balaban J connectivity index is 1.17. The molecule has 0 radical (unpaired) electrons. The molecule has 0 saturated carbocycles. The third-order valence-corrected chi connectivity index (χ3v) is 12.0. The number of aliphatic hydroxyl groups is 1. The number of nitrogens with zero attached hydrogens (tertiary/aromatic N) is 6. The predicted molar refractivity (Wildman–Crippen MR) is 191 cm³/mol. The topological polar surface area (TPSA) is 180 Å².